The molecule has 0 aromatic carbocycles. The summed E-state index contributed by atoms with van der Waals surface area (Å²) in [5.74, 6) is -0.186. The molecule has 1 unspecified atom stereocenters. The first-order valence-electron chi connectivity index (χ1n) is 8.70. The van der Waals surface area contributed by atoms with Gasteiger partial charge in [-0.2, -0.15) is 4.39 Å². The van der Waals surface area contributed by atoms with E-state index in [2.05, 4.69) is 15.0 Å². The predicted octanol–water partition coefficient (Wildman–Crippen LogP) is 2.96. The molecule has 1 atom stereocenters. The third-order valence-electron chi connectivity index (χ3n) is 4.69. The zero-order chi connectivity index (χ0) is 19.7. The number of pyridine rings is 1. The Morgan fingerprint density at radius 3 is 2.75 bits per heavy atom. The number of carbonyl (C=O) groups excluding carboxylic acids is 1. The summed E-state index contributed by atoms with van der Waals surface area (Å²) in [5.41, 5.74) is 5.51. The number of hydrogen-bond donors (Lipinski definition) is 1. The van der Waals surface area contributed by atoms with Crippen molar-refractivity contribution in [2.45, 2.75) is 18.5 Å². The molecule has 144 valence electrons. The number of nitrogens with two attached hydrogens (primary N) is 1. The van der Waals surface area contributed by atoms with Gasteiger partial charge in [0.15, 0.2) is 16.6 Å². The highest BCUT2D eigenvalue weighted by atomic mass is 32.1. The van der Waals surface area contributed by atoms with Crippen LogP contribution in [0.5, 0.6) is 0 Å². The number of alkyl halides is 1. The van der Waals surface area contributed by atoms with Gasteiger partial charge in [-0.05, 0) is 30.3 Å². The molecule has 2 N–H and O–H groups in total. The highest BCUT2D eigenvalue weighted by Crippen LogP contribution is 2.34. The van der Waals surface area contributed by atoms with Gasteiger partial charge in [0.05, 0.1) is 34.9 Å². The number of amides is 1. The van der Waals surface area contributed by atoms with Crippen LogP contribution in [0.2, 0.25) is 0 Å². The molecule has 6 nitrogen and oxygen atoms in total. The first-order chi connectivity index (χ1) is 13.4. The van der Waals surface area contributed by atoms with Crippen molar-refractivity contribution in [2.24, 2.45) is 0 Å². The van der Waals surface area contributed by atoms with Crippen LogP contribution in [-0.4, -0.2) is 38.8 Å². The van der Waals surface area contributed by atoms with E-state index >= 15 is 4.39 Å². The van der Waals surface area contributed by atoms with Crippen LogP contribution in [0, 0.1) is 5.13 Å². The summed E-state index contributed by atoms with van der Waals surface area (Å²) in [5, 5.41) is -0.314. The van der Waals surface area contributed by atoms with E-state index in [-0.39, 0.29) is 42.8 Å². The van der Waals surface area contributed by atoms with E-state index in [4.69, 9.17) is 5.73 Å². The number of likely N-dealkylation sites (tertiary alicyclic amines) is 1. The van der Waals surface area contributed by atoms with Crippen molar-refractivity contribution in [3.05, 3.63) is 59.4 Å². The summed E-state index contributed by atoms with van der Waals surface area (Å²) in [4.78, 5) is 27.2. The molecule has 3 aromatic rings. The lowest BCUT2D eigenvalue weighted by Crippen LogP contribution is -2.34. The third kappa shape index (κ3) is 3.57. The Labute approximate surface area is 164 Å². The standard InChI is InChI=1S/C19H17F2N5OS/c20-16-5-4-15(28-16)13-3-2-12(22)14(25-13)10-17(27)26-9-6-19(21,11-26)18-23-7-1-8-24-18/h1-5,7-8H,6,9-11,22H2. The van der Waals surface area contributed by atoms with Gasteiger partial charge in [-0.15, -0.1) is 11.3 Å². The first-order valence-corrected chi connectivity index (χ1v) is 9.51. The molecule has 1 saturated heterocycles. The van der Waals surface area contributed by atoms with Gasteiger partial charge in [0.1, 0.15) is 0 Å². The van der Waals surface area contributed by atoms with Crippen molar-refractivity contribution in [2.75, 3.05) is 18.8 Å². The maximum atomic E-state index is 15.2. The second-order valence-corrected chi connectivity index (χ2v) is 7.65. The minimum Gasteiger partial charge on any atom is -0.397 e. The van der Waals surface area contributed by atoms with E-state index in [0.29, 0.717) is 22.0 Å². The fraction of sp³-hybridized carbons (Fsp3) is 0.263. The minimum absolute atomic E-state index is 0.0563. The fourth-order valence-corrected chi connectivity index (χ4v) is 3.90. The SMILES string of the molecule is Nc1ccc(-c2ccc(F)s2)nc1CC(=O)N1CCC(F)(c2ncccn2)C1. The average molecular weight is 401 g/mol. The topological polar surface area (TPSA) is 85.0 Å². The van der Waals surface area contributed by atoms with E-state index in [9.17, 15) is 9.18 Å². The van der Waals surface area contributed by atoms with E-state index in [1.54, 1.807) is 24.3 Å². The Kier molecular flexibility index (Phi) is 4.76. The molecule has 9 heteroatoms. The molecule has 0 radical (unpaired) electrons. The lowest BCUT2D eigenvalue weighted by Gasteiger charge is -2.20. The lowest BCUT2D eigenvalue weighted by molar-refractivity contribution is -0.130. The monoisotopic (exact) mass is 401 g/mol. The molecule has 4 heterocycles. The van der Waals surface area contributed by atoms with Crippen molar-refractivity contribution in [1.82, 2.24) is 19.9 Å². The number of carbonyl (C=O) groups is 1. The molecule has 0 saturated carbocycles. The lowest BCUT2D eigenvalue weighted by atomic mass is 10.1. The van der Waals surface area contributed by atoms with Crippen LogP contribution in [-0.2, 0) is 16.9 Å². The fourth-order valence-electron chi connectivity index (χ4n) is 3.20. The Balaban J connectivity index is 1.50. The maximum absolute atomic E-state index is 15.2. The van der Waals surface area contributed by atoms with E-state index in [1.165, 1.54) is 23.4 Å². The molecule has 0 bridgehead atoms. The third-order valence-corrected chi connectivity index (χ3v) is 5.59. The maximum Gasteiger partial charge on any atom is 0.228 e. The summed E-state index contributed by atoms with van der Waals surface area (Å²) in [6, 6.07) is 7.93. The zero-order valence-electron chi connectivity index (χ0n) is 14.8. The highest BCUT2D eigenvalue weighted by molar-refractivity contribution is 7.13. The number of anilines is 1. The summed E-state index contributed by atoms with van der Waals surface area (Å²) in [7, 11) is 0. The van der Waals surface area contributed by atoms with Gasteiger partial charge in [0.25, 0.3) is 0 Å². The van der Waals surface area contributed by atoms with Gasteiger partial charge in [0.2, 0.25) is 5.91 Å². The molecule has 0 aliphatic carbocycles. The van der Waals surface area contributed by atoms with E-state index < -0.39 is 5.67 Å². The van der Waals surface area contributed by atoms with Crippen molar-refractivity contribution in [3.8, 4) is 10.6 Å². The van der Waals surface area contributed by atoms with Crippen LogP contribution in [0.3, 0.4) is 0 Å². The van der Waals surface area contributed by atoms with Crippen molar-refractivity contribution >= 4 is 22.9 Å². The van der Waals surface area contributed by atoms with Gasteiger partial charge in [0, 0.05) is 25.4 Å². The quantitative estimate of drug-likeness (QED) is 0.727. The molecule has 4 rings (SSSR count). The normalized spacial score (nSPS) is 19.1. The zero-order valence-corrected chi connectivity index (χ0v) is 15.6. The molecule has 1 aliphatic rings. The highest BCUT2D eigenvalue weighted by Gasteiger charge is 2.44. The van der Waals surface area contributed by atoms with Gasteiger partial charge >= 0.3 is 0 Å². The van der Waals surface area contributed by atoms with E-state index in [0.717, 1.165) is 11.3 Å². The largest absolute Gasteiger partial charge is 0.397 e. The van der Waals surface area contributed by atoms with Crippen LogP contribution >= 0.6 is 11.3 Å². The number of nitrogen functional groups attached to an aromatic ring is 1. The van der Waals surface area contributed by atoms with Gasteiger partial charge < -0.3 is 10.6 Å². The van der Waals surface area contributed by atoms with Crippen LogP contribution in [0.1, 0.15) is 17.9 Å². The number of halogens is 2. The Hall–Kier alpha value is -2.94. The van der Waals surface area contributed by atoms with Crippen LogP contribution in [0.25, 0.3) is 10.6 Å². The van der Waals surface area contributed by atoms with Crippen molar-refractivity contribution < 1.29 is 13.6 Å². The molecule has 1 amide bonds. The summed E-state index contributed by atoms with van der Waals surface area (Å²) >= 11 is 0.968. The molecular weight excluding hydrogens is 384 g/mol. The average Bonchev–Trinajstić information content (AvgIpc) is 3.31. The number of thiophene rings is 1. The number of nitrogens with zero attached hydrogens (tertiary/aromatic N) is 4. The first kappa shape index (κ1) is 18.4. The number of hydrogen-bond acceptors (Lipinski definition) is 6. The molecule has 1 fully saturated rings. The Morgan fingerprint density at radius 1 is 1.25 bits per heavy atom. The molecular formula is C19H17F2N5OS. The number of rotatable bonds is 4. The minimum atomic E-state index is -1.76. The molecule has 0 spiro atoms. The Bertz CT molecular complexity index is 1010. The summed E-state index contributed by atoms with van der Waals surface area (Å²) in [6.07, 6.45) is 3.05. The molecule has 3 aromatic heterocycles. The van der Waals surface area contributed by atoms with Gasteiger partial charge in [-0.1, -0.05) is 0 Å². The second-order valence-electron chi connectivity index (χ2n) is 6.62. The van der Waals surface area contributed by atoms with Crippen molar-refractivity contribution in [3.63, 3.8) is 0 Å². The molecule has 1 aliphatic heterocycles. The van der Waals surface area contributed by atoms with Crippen LogP contribution in [0.4, 0.5) is 14.5 Å². The Morgan fingerprint density at radius 2 is 2.04 bits per heavy atom. The van der Waals surface area contributed by atoms with E-state index in [1.807, 2.05) is 0 Å². The second kappa shape index (κ2) is 7.23. The van der Waals surface area contributed by atoms with Crippen LogP contribution < -0.4 is 5.73 Å². The smallest absolute Gasteiger partial charge is 0.228 e. The van der Waals surface area contributed by atoms with Crippen LogP contribution in [0.15, 0.2) is 42.7 Å². The van der Waals surface area contributed by atoms with Crippen molar-refractivity contribution in [1.29, 1.82) is 0 Å². The summed E-state index contributed by atoms with van der Waals surface area (Å²) < 4.78 is 28.4. The molecule has 28 heavy (non-hydrogen) atoms. The predicted molar refractivity (Wildman–Crippen MR) is 102 cm³/mol. The van der Waals surface area contributed by atoms with Gasteiger partial charge in [-0.3, -0.25) is 4.79 Å². The summed E-state index contributed by atoms with van der Waals surface area (Å²) in [6.45, 7) is 0.162. The van der Waals surface area contributed by atoms with Gasteiger partial charge in [-0.25, -0.2) is 19.3 Å². The number of aromatic nitrogens is 3.